The van der Waals surface area contributed by atoms with Crippen LogP contribution in [-0.4, -0.2) is 65.4 Å². The van der Waals surface area contributed by atoms with E-state index in [1.807, 2.05) is 30.1 Å². The van der Waals surface area contributed by atoms with Crippen molar-refractivity contribution in [2.45, 2.75) is 18.7 Å². The van der Waals surface area contributed by atoms with Gasteiger partial charge in [-0.25, -0.2) is 0 Å². The van der Waals surface area contributed by atoms with Crippen LogP contribution in [0.1, 0.15) is 5.56 Å². The van der Waals surface area contributed by atoms with E-state index in [0.717, 1.165) is 13.1 Å². The van der Waals surface area contributed by atoms with Gasteiger partial charge in [-0.3, -0.25) is 9.80 Å². The summed E-state index contributed by atoms with van der Waals surface area (Å²) < 4.78 is 0. The molecule has 1 aromatic rings. The summed E-state index contributed by atoms with van der Waals surface area (Å²) in [7, 11) is 1.95. The Hall–Kier alpha value is -0.940. The van der Waals surface area contributed by atoms with Crippen molar-refractivity contribution in [2.75, 3.05) is 33.3 Å². The summed E-state index contributed by atoms with van der Waals surface area (Å²) >= 11 is 0. The third kappa shape index (κ3) is 3.29. The Balaban J connectivity index is 1.90. The van der Waals surface area contributed by atoms with Crippen molar-refractivity contribution >= 4 is 0 Å². The van der Waals surface area contributed by atoms with Gasteiger partial charge < -0.3 is 10.2 Å². The van der Waals surface area contributed by atoms with Gasteiger partial charge in [0.1, 0.15) is 0 Å². The Bertz CT molecular complexity index is 358. The van der Waals surface area contributed by atoms with E-state index in [4.69, 9.17) is 5.11 Å². The van der Waals surface area contributed by atoms with Crippen LogP contribution in [0.3, 0.4) is 0 Å². The van der Waals surface area contributed by atoms with Crippen LogP contribution >= 0.6 is 0 Å². The highest BCUT2D eigenvalue weighted by atomic mass is 16.3. The predicted octanol–water partition coefficient (Wildman–Crippen LogP) is 0.156. The molecular weight excluding hydrogens is 228 g/mol. The van der Waals surface area contributed by atoms with Crippen LogP contribution in [0, 0.1) is 0 Å². The molecule has 0 spiro atoms. The van der Waals surface area contributed by atoms with Crippen molar-refractivity contribution in [2.24, 2.45) is 0 Å². The second-order valence-corrected chi connectivity index (χ2v) is 5.02. The Morgan fingerprint density at radius 1 is 1.28 bits per heavy atom. The van der Waals surface area contributed by atoms with Crippen LogP contribution in [0.5, 0.6) is 0 Å². The minimum absolute atomic E-state index is 0.126. The van der Waals surface area contributed by atoms with Gasteiger partial charge in [0.05, 0.1) is 12.7 Å². The van der Waals surface area contributed by atoms with E-state index < -0.39 is 0 Å². The molecule has 1 saturated heterocycles. The minimum Gasteiger partial charge on any atom is -0.395 e. The molecule has 100 valence electrons. The fourth-order valence-corrected chi connectivity index (χ4v) is 2.57. The number of hydrogen-bond acceptors (Lipinski definition) is 4. The molecule has 0 aromatic heterocycles. The van der Waals surface area contributed by atoms with Crippen molar-refractivity contribution < 1.29 is 10.2 Å². The number of aliphatic hydroxyl groups excluding tert-OH is 2. The fraction of sp³-hybridized carbons (Fsp3) is 0.571. The van der Waals surface area contributed by atoms with Crippen molar-refractivity contribution in [1.82, 2.24) is 9.80 Å². The maximum absolute atomic E-state index is 10.1. The molecule has 0 saturated carbocycles. The summed E-state index contributed by atoms with van der Waals surface area (Å²) in [5, 5.41) is 19.0. The summed E-state index contributed by atoms with van der Waals surface area (Å²) in [6, 6.07) is 10.4. The maximum Gasteiger partial charge on any atom is 0.0834 e. The number of rotatable bonds is 5. The van der Waals surface area contributed by atoms with Crippen LogP contribution in [0.4, 0.5) is 0 Å². The molecule has 0 bridgehead atoms. The number of likely N-dealkylation sites (N-methyl/N-ethyl adjacent to an activating group) is 1. The van der Waals surface area contributed by atoms with Gasteiger partial charge in [-0.05, 0) is 12.6 Å². The molecule has 4 nitrogen and oxygen atoms in total. The van der Waals surface area contributed by atoms with Gasteiger partial charge >= 0.3 is 0 Å². The van der Waals surface area contributed by atoms with E-state index in [1.165, 1.54) is 5.56 Å². The van der Waals surface area contributed by atoms with Crippen molar-refractivity contribution in [3.63, 3.8) is 0 Å². The van der Waals surface area contributed by atoms with E-state index >= 15 is 0 Å². The summed E-state index contributed by atoms with van der Waals surface area (Å²) in [6.45, 7) is 3.18. The number of hydrogen-bond donors (Lipinski definition) is 2. The average molecular weight is 250 g/mol. The average Bonchev–Trinajstić information content (AvgIpc) is 2.72. The van der Waals surface area contributed by atoms with Gasteiger partial charge in [-0.15, -0.1) is 0 Å². The molecule has 2 atom stereocenters. The quantitative estimate of drug-likeness (QED) is 0.781. The maximum atomic E-state index is 10.1. The molecule has 1 fully saturated rings. The van der Waals surface area contributed by atoms with Crippen LogP contribution in [-0.2, 0) is 6.54 Å². The van der Waals surface area contributed by atoms with Crippen LogP contribution in [0.25, 0.3) is 0 Å². The zero-order valence-corrected chi connectivity index (χ0v) is 10.9. The smallest absolute Gasteiger partial charge is 0.0834 e. The zero-order valence-electron chi connectivity index (χ0n) is 10.9. The summed E-state index contributed by atoms with van der Waals surface area (Å²) in [5.41, 5.74) is 1.27. The molecule has 1 aliphatic rings. The lowest BCUT2D eigenvalue weighted by atomic mass is 10.2. The van der Waals surface area contributed by atoms with Gasteiger partial charge in [0.25, 0.3) is 0 Å². The SMILES string of the molecule is CN(CCO)[C@H]1CN(Cc2ccccc2)C[C@@H]1O. The Morgan fingerprint density at radius 3 is 2.67 bits per heavy atom. The molecule has 0 amide bonds. The molecule has 0 unspecified atom stereocenters. The van der Waals surface area contributed by atoms with Crippen LogP contribution in [0.2, 0.25) is 0 Å². The largest absolute Gasteiger partial charge is 0.395 e. The van der Waals surface area contributed by atoms with Gasteiger partial charge in [0, 0.05) is 32.2 Å². The second-order valence-electron chi connectivity index (χ2n) is 5.02. The first-order valence-corrected chi connectivity index (χ1v) is 6.46. The molecule has 2 N–H and O–H groups in total. The molecular formula is C14H22N2O2. The van der Waals surface area contributed by atoms with E-state index in [9.17, 15) is 5.11 Å². The lowest BCUT2D eigenvalue weighted by Gasteiger charge is -2.25. The topological polar surface area (TPSA) is 46.9 Å². The lowest BCUT2D eigenvalue weighted by molar-refractivity contribution is 0.0872. The van der Waals surface area contributed by atoms with Crippen LogP contribution < -0.4 is 0 Å². The highest BCUT2D eigenvalue weighted by molar-refractivity contribution is 5.14. The number of β-amino-alcohol motifs (C(OH)–C–C–N with tert-alkyl or cyclic N) is 1. The standard InChI is InChI=1S/C14H22N2O2/c1-15(7-8-17)13-10-16(11-14(13)18)9-12-5-3-2-4-6-12/h2-6,13-14,17-18H,7-11H2,1H3/t13-,14-/m0/s1. The molecule has 2 rings (SSSR count). The van der Waals surface area contributed by atoms with E-state index in [1.54, 1.807) is 0 Å². The third-order valence-electron chi connectivity index (χ3n) is 3.60. The first kappa shape index (κ1) is 13.5. The van der Waals surface area contributed by atoms with Crippen molar-refractivity contribution in [1.29, 1.82) is 0 Å². The number of benzene rings is 1. The van der Waals surface area contributed by atoms with Crippen LogP contribution in [0.15, 0.2) is 30.3 Å². The predicted molar refractivity (Wildman–Crippen MR) is 71.2 cm³/mol. The molecule has 1 aromatic carbocycles. The third-order valence-corrected chi connectivity index (χ3v) is 3.60. The number of likely N-dealkylation sites (tertiary alicyclic amines) is 1. The lowest BCUT2D eigenvalue weighted by Crippen LogP contribution is -2.42. The van der Waals surface area contributed by atoms with Gasteiger partial charge in [0.15, 0.2) is 0 Å². The molecule has 18 heavy (non-hydrogen) atoms. The van der Waals surface area contributed by atoms with E-state index in [-0.39, 0.29) is 18.8 Å². The Labute approximate surface area is 108 Å². The fourth-order valence-electron chi connectivity index (χ4n) is 2.57. The number of nitrogens with zero attached hydrogens (tertiary/aromatic N) is 2. The van der Waals surface area contributed by atoms with E-state index in [0.29, 0.717) is 13.1 Å². The first-order chi connectivity index (χ1) is 8.70. The Kier molecular flexibility index (Phi) is 4.72. The van der Waals surface area contributed by atoms with Crippen molar-refractivity contribution in [3.8, 4) is 0 Å². The van der Waals surface area contributed by atoms with Gasteiger partial charge in [0.2, 0.25) is 0 Å². The Morgan fingerprint density at radius 2 is 2.00 bits per heavy atom. The number of aliphatic hydroxyl groups is 2. The van der Waals surface area contributed by atoms with Gasteiger partial charge in [-0.1, -0.05) is 30.3 Å². The van der Waals surface area contributed by atoms with Crippen molar-refractivity contribution in [3.05, 3.63) is 35.9 Å². The summed E-state index contributed by atoms with van der Waals surface area (Å²) in [5.74, 6) is 0. The molecule has 0 aliphatic carbocycles. The summed E-state index contributed by atoms with van der Waals surface area (Å²) in [4.78, 5) is 4.30. The van der Waals surface area contributed by atoms with Gasteiger partial charge in [-0.2, -0.15) is 0 Å². The monoisotopic (exact) mass is 250 g/mol. The molecule has 4 heteroatoms. The normalized spacial score (nSPS) is 24.9. The molecule has 1 heterocycles. The minimum atomic E-state index is -0.328. The first-order valence-electron chi connectivity index (χ1n) is 6.46. The summed E-state index contributed by atoms with van der Waals surface area (Å²) in [6.07, 6.45) is -0.328. The van der Waals surface area contributed by atoms with E-state index in [2.05, 4.69) is 17.0 Å². The second kappa shape index (κ2) is 6.29. The zero-order chi connectivity index (χ0) is 13.0. The highest BCUT2D eigenvalue weighted by Crippen LogP contribution is 2.17. The highest BCUT2D eigenvalue weighted by Gasteiger charge is 2.33. The molecule has 1 aliphatic heterocycles. The molecule has 0 radical (unpaired) electrons.